The Morgan fingerprint density at radius 1 is 1.41 bits per heavy atom. The summed E-state index contributed by atoms with van der Waals surface area (Å²) in [5.74, 6) is 1.30. The van der Waals surface area contributed by atoms with Gasteiger partial charge >= 0.3 is 0 Å². The molecule has 0 amide bonds. The van der Waals surface area contributed by atoms with E-state index in [-0.39, 0.29) is 0 Å². The molecule has 0 atom stereocenters. The minimum atomic E-state index is 0.465. The van der Waals surface area contributed by atoms with Crippen LogP contribution in [0.3, 0.4) is 0 Å². The van der Waals surface area contributed by atoms with Crippen molar-refractivity contribution in [3.63, 3.8) is 0 Å². The molecule has 0 unspecified atom stereocenters. The van der Waals surface area contributed by atoms with E-state index < -0.39 is 0 Å². The molecular weight excluding hydrogens is 234 g/mol. The predicted molar refractivity (Wildman–Crippen MR) is 74.2 cm³/mol. The molecular formula is C13H18ClN3. The van der Waals surface area contributed by atoms with Gasteiger partial charge in [-0.2, -0.15) is 0 Å². The second-order valence-electron chi connectivity index (χ2n) is 4.60. The van der Waals surface area contributed by atoms with Crippen molar-refractivity contribution >= 4 is 23.2 Å². The molecule has 0 saturated carbocycles. The van der Waals surface area contributed by atoms with Gasteiger partial charge < -0.3 is 10.6 Å². The van der Waals surface area contributed by atoms with Gasteiger partial charge in [0, 0.05) is 17.3 Å². The van der Waals surface area contributed by atoms with Crippen molar-refractivity contribution in [3.05, 3.63) is 28.3 Å². The Balaban J connectivity index is 2.32. The van der Waals surface area contributed by atoms with Gasteiger partial charge in [-0.25, -0.2) is 0 Å². The second-order valence-corrected chi connectivity index (χ2v) is 5.04. The van der Waals surface area contributed by atoms with Crippen molar-refractivity contribution in [1.29, 1.82) is 0 Å². The number of hydrogen-bond acceptors (Lipinski definition) is 3. The number of anilines is 1. The first kappa shape index (κ1) is 12.2. The van der Waals surface area contributed by atoms with E-state index in [1.807, 2.05) is 12.1 Å². The van der Waals surface area contributed by atoms with E-state index in [1.54, 1.807) is 0 Å². The van der Waals surface area contributed by atoms with Gasteiger partial charge in [0.2, 0.25) is 0 Å². The van der Waals surface area contributed by atoms with E-state index in [4.69, 9.17) is 11.6 Å². The summed E-state index contributed by atoms with van der Waals surface area (Å²) < 4.78 is 0. The minimum Gasteiger partial charge on any atom is -0.354 e. The highest BCUT2D eigenvalue weighted by atomic mass is 35.5. The van der Waals surface area contributed by atoms with Crippen LogP contribution < -0.4 is 10.6 Å². The van der Waals surface area contributed by atoms with E-state index >= 15 is 0 Å². The van der Waals surface area contributed by atoms with Crippen LogP contribution in [0.5, 0.6) is 0 Å². The topological polar surface area (TPSA) is 36.4 Å². The Labute approximate surface area is 107 Å². The molecule has 1 aliphatic rings. The summed E-state index contributed by atoms with van der Waals surface area (Å²) in [4.78, 5) is 4.33. The van der Waals surface area contributed by atoms with E-state index in [2.05, 4.69) is 36.4 Å². The van der Waals surface area contributed by atoms with Crippen LogP contribution in [0.15, 0.2) is 17.1 Å². The van der Waals surface area contributed by atoms with E-state index in [0.717, 1.165) is 29.8 Å². The molecule has 2 N–H and O–H groups in total. The minimum absolute atomic E-state index is 0.465. The molecule has 0 bridgehead atoms. The summed E-state index contributed by atoms with van der Waals surface area (Å²) in [6, 6.07) is 3.99. The molecule has 1 aliphatic heterocycles. The number of halogens is 1. The number of hydrogen-bond donors (Lipinski definition) is 2. The zero-order chi connectivity index (χ0) is 12.4. The second kappa shape index (κ2) is 4.96. The summed E-state index contributed by atoms with van der Waals surface area (Å²) in [5.41, 5.74) is 3.55. The van der Waals surface area contributed by atoms with Crippen molar-refractivity contribution in [2.45, 2.75) is 26.7 Å². The van der Waals surface area contributed by atoms with Crippen LogP contribution in [-0.2, 0) is 0 Å². The van der Waals surface area contributed by atoms with Crippen LogP contribution in [0.2, 0.25) is 5.02 Å². The van der Waals surface area contributed by atoms with E-state index in [1.165, 1.54) is 11.1 Å². The highest BCUT2D eigenvalue weighted by Crippen LogP contribution is 2.29. The Morgan fingerprint density at radius 3 is 2.76 bits per heavy atom. The Hall–Kier alpha value is -1.22. The van der Waals surface area contributed by atoms with Crippen molar-refractivity contribution in [1.82, 2.24) is 5.32 Å². The Morgan fingerprint density at radius 2 is 2.18 bits per heavy atom. The Kier molecular flexibility index (Phi) is 3.57. The van der Waals surface area contributed by atoms with Crippen LogP contribution in [0.1, 0.15) is 30.9 Å². The first-order valence-electron chi connectivity index (χ1n) is 5.93. The lowest BCUT2D eigenvalue weighted by molar-refractivity contribution is 0.857. The number of guanidine groups is 1. The number of nitrogens with one attached hydrogen (secondary N) is 2. The average molecular weight is 252 g/mol. The quantitative estimate of drug-likeness (QED) is 0.847. The van der Waals surface area contributed by atoms with Crippen molar-refractivity contribution in [2.24, 2.45) is 4.99 Å². The van der Waals surface area contributed by atoms with Crippen LogP contribution >= 0.6 is 11.6 Å². The molecule has 4 heteroatoms. The molecule has 1 aromatic carbocycles. The molecule has 0 aromatic heterocycles. The predicted octanol–water partition coefficient (Wildman–Crippen LogP) is 3.14. The van der Waals surface area contributed by atoms with Crippen molar-refractivity contribution in [2.75, 3.05) is 18.4 Å². The summed E-state index contributed by atoms with van der Waals surface area (Å²) in [5, 5.41) is 7.26. The third kappa shape index (κ3) is 2.72. The number of nitrogens with zero attached hydrogens (tertiary/aromatic N) is 1. The lowest BCUT2D eigenvalue weighted by Gasteiger charge is -2.16. The van der Waals surface area contributed by atoms with Gasteiger partial charge in [-0.05, 0) is 36.1 Å². The van der Waals surface area contributed by atoms with E-state index in [0.29, 0.717) is 5.92 Å². The maximum Gasteiger partial charge on any atom is 0.195 e. The average Bonchev–Trinajstić information content (AvgIpc) is 2.75. The molecule has 3 nitrogen and oxygen atoms in total. The van der Waals surface area contributed by atoms with Gasteiger partial charge in [0.15, 0.2) is 5.96 Å². The normalized spacial score (nSPS) is 14.8. The monoisotopic (exact) mass is 251 g/mol. The molecule has 92 valence electrons. The molecule has 0 saturated heterocycles. The van der Waals surface area contributed by atoms with Crippen molar-refractivity contribution in [3.8, 4) is 0 Å². The zero-order valence-electron chi connectivity index (χ0n) is 10.5. The maximum atomic E-state index is 6.15. The first-order chi connectivity index (χ1) is 8.08. The van der Waals surface area contributed by atoms with Gasteiger partial charge in [0.05, 0.1) is 6.54 Å². The molecule has 1 aromatic rings. The fraction of sp³-hybridized carbons (Fsp3) is 0.462. The van der Waals surface area contributed by atoms with Crippen LogP contribution in [-0.4, -0.2) is 19.0 Å². The molecule has 17 heavy (non-hydrogen) atoms. The molecule has 0 spiro atoms. The lowest BCUT2D eigenvalue weighted by atomic mass is 9.97. The third-order valence-corrected chi connectivity index (χ3v) is 3.18. The molecule has 0 fully saturated rings. The first-order valence-corrected chi connectivity index (χ1v) is 6.31. The van der Waals surface area contributed by atoms with E-state index in [9.17, 15) is 0 Å². The largest absolute Gasteiger partial charge is 0.354 e. The summed E-state index contributed by atoms with van der Waals surface area (Å²) in [7, 11) is 0. The SMILES string of the molecule is Cc1c(NC2=NCCN2)cc(Cl)cc1C(C)C. The van der Waals surface area contributed by atoms with Gasteiger partial charge in [0.25, 0.3) is 0 Å². The summed E-state index contributed by atoms with van der Waals surface area (Å²) in [6.07, 6.45) is 0. The van der Waals surface area contributed by atoms with Gasteiger partial charge in [-0.1, -0.05) is 25.4 Å². The van der Waals surface area contributed by atoms with Gasteiger partial charge in [0.1, 0.15) is 0 Å². The van der Waals surface area contributed by atoms with Gasteiger partial charge in [-0.15, -0.1) is 0 Å². The fourth-order valence-electron chi connectivity index (χ4n) is 2.04. The van der Waals surface area contributed by atoms with Crippen LogP contribution in [0, 0.1) is 6.92 Å². The number of aliphatic imine (C=N–C) groups is 1. The highest BCUT2D eigenvalue weighted by molar-refractivity contribution is 6.31. The van der Waals surface area contributed by atoms with Gasteiger partial charge in [-0.3, -0.25) is 4.99 Å². The Bertz CT molecular complexity index is 452. The maximum absolute atomic E-state index is 6.15. The molecule has 2 rings (SSSR count). The van der Waals surface area contributed by atoms with Crippen molar-refractivity contribution < 1.29 is 0 Å². The zero-order valence-corrected chi connectivity index (χ0v) is 11.2. The molecule has 1 heterocycles. The summed E-state index contributed by atoms with van der Waals surface area (Å²) in [6.45, 7) is 8.20. The van der Waals surface area contributed by atoms with Crippen LogP contribution in [0.25, 0.3) is 0 Å². The highest BCUT2D eigenvalue weighted by Gasteiger charge is 2.12. The van der Waals surface area contributed by atoms with Crippen LogP contribution in [0.4, 0.5) is 5.69 Å². The fourth-order valence-corrected chi connectivity index (χ4v) is 2.27. The molecule has 0 radical (unpaired) electrons. The number of benzene rings is 1. The smallest absolute Gasteiger partial charge is 0.195 e. The lowest BCUT2D eigenvalue weighted by Crippen LogP contribution is -2.26. The third-order valence-electron chi connectivity index (χ3n) is 2.96. The standard InChI is InChI=1S/C13H18ClN3/c1-8(2)11-6-10(14)7-12(9(11)3)17-13-15-4-5-16-13/h6-8H,4-5H2,1-3H3,(H2,15,16,17). The number of rotatable bonds is 2. The molecule has 0 aliphatic carbocycles. The summed E-state index contributed by atoms with van der Waals surface area (Å²) >= 11 is 6.15.